The van der Waals surface area contributed by atoms with Crippen molar-refractivity contribution in [3.63, 3.8) is 0 Å². The standard InChI is InChI=1S/C17H21FN2O2/c1-17(21-7-8-22-17)15-3-2-6-20(12-15)11-14-9-16(18)5-4-13(14)10-19/h4-5,9,15H,2-3,6-8,11-12H2,1H3. The van der Waals surface area contributed by atoms with Crippen LogP contribution in [0.4, 0.5) is 4.39 Å². The van der Waals surface area contributed by atoms with Crippen LogP contribution in [0.15, 0.2) is 18.2 Å². The average Bonchev–Trinajstić information content (AvgIpc) is 2.96. The topological polar surface area (TPSA) is 45.5 Å². The van der Waals surface area contributed by atoms with E-state index in [1.54, 1.807) is 6.07 Å². The lowest BCUT2D eigenvalue weighted by atomic mass is 9.90. The van der Waals surface area contributed by atoms with E-state index in [1.165, 1.54) is 12.1 Å². The SMILES string of the molecule is CC1(C2CCCN(Cc3cc(F)ccc3C#N)C2)OCCO1. The monoisotopic (exact) mass is 304 g/mol. The van der Waals surface area contributed by atoms with E-state index < -0.39 is 5.79 Å². The highest BCUT2D eigenvalue weighted by atomic mass is 19.1. The molecule has 2 heterocycles. The Balaban J connectivity index is 1.71. The molecule has 118 valence electrons. The molecule has 0 radical (unpaired) electrons. The fourth-order valence-corrected chi connectivity index (χ4v) is 3.44. The molecule has 2 aliphatic heterocycles. The molecule has 0 amide bonds. The predicted octanol–water partition coefficient (Wildman–Crippen LogP) is 2.67. The molecule has 0 N–H and O–H groups in total. The number of ether oxygens (including phenoxy) is 2. The van der Waals surface area contributed by atoms with E-state index in [9.17, 15) is 9.65 Å². The summed E-state index contributed by atoms with van der Waals surface area (Å²) in [6.07, 6.45) is 2.13. The molecule has 0 aliphatic carbocycles. The number of rotatable bonds is 3. The Hall–Kier alpha value is -1.48. The number of halogens is 1. The summed E-state index contributed by atoms with van der Waals surface area (Å²) in [5, 5.41) is 9.17. The van der Waals surface area contributed by atoms with E-state index in [0.717, 1.165) is 31.5 Å². The van der Waals surface area contributed by atoms with Crippen molar-refractivity contribution in [3.05, 3.63) is 35.1 Å². The second-order valence-electron chi connectivity index (χ2n) is 6.20. The van der Waals surface area contributed by atoms with Gasteiger partial charge in [-0.25, -0.2) is 4.39 Å². The molecular formula is C17H21FN2O2. The van der Waals surface area contributed by atoms with E-state index in [1.807, 2.05) is 6.92 Å². The van der Waals surface area contributed by atoms with Crippen molar-refractivity contribution < 1.29 is 13.9 Å². The highest BCUT2D eigenvalue weighted by Crippen LogP contribution is 2.34. The fourth-order valence-electron chi connectivity index (χ4n) is 3.44. The van der Waals surface area contributed by atoms with Crippen LogP contribution in [-0.2, 0) is 16.0 Å². The van der Waals surface area contributed by atoms with Gasteiger partial charge in [-0.2, -0.15) is 5.26 Å². The third-order valence-corrected chi connectivity index (χ3v) is 4.69. The van der Waals surface area contributed by atoms with Crippen LogP contribution in [0.25, 0.3) is 0 Å². The average molecular weight is 304 g/mol. The Kier molecular flexibility index (Phi) is 4.44. The molecule has 1 atom stereocenters. The van der Waals surface area contributed by atoms with Crippen LogP contribution in [0.1, 0.15) is 30.9 Å². The number of hydrogen-bond donors (Lipinski definition) is 0. The Morgan fingerprint density at radius 1 is 1.41 bits per heavy atom. The maximum atomic E-state index is 13.5. The van der Waals surface area contributed by atoms with Crippen LogP contribution >= 0.6 is 0 Å². The first-order valence-electron chi connectivity index (χ1n) is 7.79. The highest BCUT2D eigenvalue weighted by molar-refractivity contribution is 5.37. The van der Waals surface area contributed by atoms with Gasteiger partial charge in [0.15, 0.2) is 5.79 Å². The van der Waals surface area contributed by atoms with Crippen LogP contribution in [-0.4, -0.2) is 37.0 Å². The molecule has 1 aromatic rings. The molecule has 0 saturated carbocycles. The molecule has 4 nitrogen and oxygen atoms in total. The molecule has 3 rings (SSSR count). The predicted molar refractivity (Wildman–Crippen MR) is 79.4 cm³/mol. The zero-order valence-corrected chi connectivity index (χ0v) is 12.8. The lowest BCUT2D eigenvalue weighted by Gasteiger charge is -2.40. The summed E-state index contributed by atoms with van der Waals surface area (Å²) in [7, 11) is 0. The summed E-state index contributed by atoms with van der Waals surface area (Å²) in [4.78, 5) is 2.26. The van der Waals surface area contributed by atoms with Crippen LogP contribution in [0.3, 0.4) is 0 Å². The Labute approximate surface area is 130 Å². The van der Waals surface area contributed by atoms with Crippen LogP contribution in [0, 0.1) is 23.1 Å². The number of piperidine rings is 1. The zero-order chi connectivity index (χ0) is 15.6. The van der Waals surface area contributed by atoms with Crippen molar-refractivity contribution >= 4 is 0 Å². The minimum atomic E-state index is -0.501. The molecule has 1 unspecified atom stereocenters. The van der Waals surface area contributed by atoms with Gasteiger partial charge in [-0.3, -0.25) is 4.90 Å². The molecule has 1 aromatic carbocycles. The van der Waals surface area contributed by atoms with Gasteiger partial charge >= 0.3 is 0 Å². The Morgan fingerprint density at radius 2 is 2.18 bits per heavy atom. The molecular weight excluding hydrogens is 283 g/mol. The number of nitriles is 1. The van der Waals surface area contributed by atoms with Crippen LogP contribution < -0.4 is 0 Å². The third kappa shape index (κ3) is 3.14. The third-order valence-electron chi connectivity index (χ3n) is 4.69. The lowest BCUT2D eigenvalue weighted by molar-refractivity contribution is -0.192. The summed E-state index contributed by atoms with van der Waals surface area (Å²) >= 11 is 0. The van der Waals surface area contributed by atoms with E-state index in [4.69, 9.17) is 9.47 Å². The molecule has 0 bridgehead atoms. The summed E-state index contributed by atoms with van der Waals surface area (Å²) in [6, 6.07) is 6.50. The minimum Gasteiger partial charge on any atom is -0.347 e. The second kappa shape index (κ2) is 6.33. The van der Waals surface area contributed by atoms with E-state index >= 15 is 0 Å². The number of hydrogen-bond acceptors (Lipinski definition) is 4. The van der Waals surface area contributed by atoms with E-state index in [-0.39, 0.29) is 5.82 Å². The van der Waals surface area contributed by atoms with Gasteiger partial charge in [0.2, 0.25) is 0 Å². The molecule has 2 aliphatic rings. The molecule has 5 heteroatoms. The largest absolute Gasteiger partial charge is 0.347 e. The summed E-state index contributed by atoms with van der Waals surface area (Å²) in [5.41, 5.74) is 1.30. The molecule has 0 spiro atoms. The number of likely N-dealkylation sites (tertiary alicyclic amines) is 1. The Bertz CT molecular complexity index is 579. The van der Waals surface area contributed by atoms with Crippen molar-refractivity contribution in [2.45, 2.75) is 32.1 Å². The summed E-state index contributed by atoms with van der Waals surface area (Å²) in [5.74, 6) is -0.488. The van der Waals surface area contributed by atoms with E-state index in [2.05, 4.69) is 11.0 Å². The Morgan fingerprint density at radius 3 is 2.91 bits per heavy atom. The number of benzene rings is 1. The van der Waals surface area contributed by atoms with Gasteiger partial charge in [0.25, 0.3) is 0 Å². The normalized spacial score (nSPS) is 25.0. The van der Waals surface area contributed by atoms with Gasteiger partial charge in [-0.05, 0) is 50.1 Å². The van der Waals surface area contributed by atoms with Crippen molar-refractivity contribution in [2.75, 3.05) is 26.3 Å². The summed E-state index contributed by atoms with van der Waals surface area (Å²) in [6.45, 7) is 5.70. The first kappa shape index (κ1) is 15.4. The van der Waals surface area contributed by atoms with Crippen molar-refractivity contribution in [1.29, 1.82) is 5.26 Å². The van der Waals surface area contributed by atoms with Gasteiger partial charge in [0.05, 0.1) is 24.8 Å². The molecule has 2 fully saturated rings. The van der Waals surface area contributed by atoms with Crippen molar-refractivity contribution in [1.82, 2.24) is 4.90 Å². The highest BCUT2D eigenvalue weighted by Gasteiger charge is 2.41. The first-order valence-corrected chi connectivity index (χ1v) is 7.79. The maximum absolute atomic E-state index is 13.5. The smallest absolute Gasteiger partial charge is 0.169 e. The molecule has 0 aromatic heterocycles. The van der Waals surface area contributed by atoms with E-state index in [0.29, 0.717) is 31.2 Å². The van der Waals surface area contributed by atoms with Crippen LogP contribution in [0.2, 0.25) is 0 Å². The van der Waals surface area contributed by atoms with Gasteiger partial charge in [-0.1, -0.05) is 0 Å². The van der Waals surface area contributed by atoms with Crippen molar-refractivity contribution in [2.24, 2.45) is 5.92 Å². The fraction of sp³-hybridized carbons (Fsp3) is 0.588. The zero-order valence-electron chi connectivity index (χ0n) is 12.8. The second-order valence-corrected chi connectivity index (χ2v) is 6.20. The molecule has 22 heavy (non-hydrogen) atoms. The summed E-state index contributed by atoms with van der Waals surface area (Å²) < 4.78 is 25.0. The van der Waals surface area contributed by atoms with Crippen LogP contribution in [0.5, 0.6) is 0 Å². The van der Waals surface area contributed by atoms with Gasteiger partial charge < -0.3 is 9.47 Å². The van der Waals surface area contributed by atoms with Gasteiger partial charge in [0, 0.05) is 19.0 Å². The minimum absolute atomic E-state index is 0.294. The van der Waals surface area contributed by atoms with Gasteiger partial charge in [-0.15, -0.1) is 0 Å². The maximum Gasteiger partial charge on any atom is 0.169 e. The lowest BCUT2D eigenvalue weighted by Crippen LogP contribution is -2.46. The molecule has 2 saturated heterocycles. The van der Waals surface area contributed by atoms with Gasteiger partial charge in [0.1, 0.15) is 5.82 Å². The first-order chi connectivity index (χ1) is 10.6. The van der Waals surface area contributed by atoms with Crippen molar-refractivity contribution in [3.8, 4) is 6.07 Å². The number of nitrogens with zero attached hydrogens (tertiary/aromatic N) is 2. The quantitative estimate of drug-likeness (QED) is 0.861.